The van der Waals surface area contributed by atoms with Crippen LogP contribution in [0.5, 0.6) is 0 Å². The molecule has 0 spiro atoms. The van der Waals surface area contributed by atoms with Gasteiger partial charge in [0.15, 0.2) is 0 Å². The van der Waals surface area contributed by atoms with E-state index < -0.39 is 23.6 Å². The first-order valence-electron chi connectivity index (χ1n) is 8.58. The fraction of sp³-hybridized carbons (Fsp3) is 0.238. The summed E-state index contributed by atoms with van der Waals surface area (Å²) in [6, 6.07) is 12.1. The first kappa shape index (κ1) is 19.7. The topological polar surface area (TPSA) is 59.2 Å². The van der Waals surface area contributed by atoms with Crippen LogP contribution in [0.25, 0.3) is 22.2 Å². The van der Waals surface area contributed by atoms with E-state index >= 15 is 0 Å². The lowest BCUT2D eigenvalue weighted by Gasteiger charge is -2.13. The molecule has 3 rings (SSSR count). The van der Waals surface area contributed by atoms with Crippen LogP contribution in [0.15, 0.2) is 48.5 Å². The molecule has 0 saturated carbocycles. The third-order valence-electron chi connectivity index (χ3n) is 4.70. The molecule has 1 aromatic heterocycles. The van der Waals surface area contributed by atoms with Gasteiger partial charge in [0.05, 0.1) is 12.7 Å². The maximum atomic E-state index is 12.9. The first-order chi connectivity index (χ1) is 13.2. The minimum Gasteiger partial charge on any atom is -0.468 e. The summed E-state index contributed by atoms with van der Waals surface area (Å²) in [5.74, 6) is -1.97. The highest BCUT2D eigenvalue weighted by Crippen LogP contribution is 2.35. The number of alkyl halides is 3. The average Bonchev–Trinajstić information content (AvgIpc) is 3.03. The molecule has 1 atom stereocenters. The number of carbonyl (C=O) groups excluding carboxylic acids is 2. The van der Waals surface area contributed by atoms with Gasteiger partial charge in [-0.05, 0) is 42.7 Å². The molecular weight excluding hydrogens is 371 g/mol. The second-order valence-corrected chi connectivity index (χ2v) is 6.49. The lowest BCUT2D eigenvalue weighted by molar-refractivity contribution is -0.148. The fourth-order valence-corrected chi connectivity index (χ4v) is 3.22. The number of aromatic nitrogens is 1. The van der Waals surface area contributed by atoms with Gasteiger partial charge in [0, 0.05) is 16.6 Å². The maximum absolute atomic E-state index is 12.9. The quantitative estimate of drug-likeness (QED) is 0.505. The van der Waals surface area contributed by atoms with Gasteiger partial charge in [-0.3, -0.25) is 9.59 Å². The van der Waals surface area contributed by atoms with E-state index in [1.165, 1.54) is 26.2 Å². The summed E-state index contributed by atoms with van der Waals surface area (Å²) in [7, 11) is 1.21. The number of aromatic amines is 1. The standard InChI is InChI=1S/C21H18F3NO3/c1-12(26)16(20(27)28-2)11-17-15-5-3-4-6-18(15)25-19(17)13-7-9-14(10-8-13)21(22,23)24/h3-10,16,25H,11H2,1-2H3/t16-/m0/s1. The van der Waals surface area contributed by atoms with E-state index in [0.717, 1.165) is 23.0 Å². The summed E-state index contributed by atoms with van der Waals surface area (Å²) < 4.78 is 43.3. The predicted octanol–water partition coefficient (Wildman–Crippen LogP) is 4.77. The van der Waals surface area contributed by atoms with Crippen molar-refractivity contribution in [3.8, 4) is 11.3 Å². The number of esters is 1. The zero-order valence-corrected chi connectivity index (χ0v) is 15.3. The molecule has 0 fully saturated rings. The van der Waals surface area contributed by atoms with Crippen LogP contribution < -0.4 is 0 Å². The summed E-state index contributed by atoms with van der Waals surface area (Å²) in [6.07, 6.45) is -4.34. The number of hydrogen-bond acceptors (Lipinski definition) is 3. The Bertz CT molecular complexity index is 1020. The number of rotatable bonds is 5. The molecule has 0 unspecified atom stereocenters. The lowest BCUT2D eigenvalue weighted by atomic mass is 9.92. The second-order valence-electron chi connectivity index (χ2n) is 6.49. The molecule has 1 N–H and O–H groups in total. The van der Waals surface area contributed by atoms with E-state index in [9.17, 15) is 22.8 Å². The molecule has 1 heterocycles. The van der Waals surface area contributed by atoms with Gasteiger partial charge < -0.3 is 9.72 Å². The fourth-order valence-electron chi connectivity index (χ4n) is 3.22. The first-order valence-corrected chi connectivity index (χ1v) is 8.58. The highest BCUT2D eigenvalue weighted by Gasteiger charge is 2.31. The Morgan fingerprint density at radius 3 is 2.29 bits per heavy atom. The Morgan fingerprint density at radius 1 is 1.07 bits per heavy atom. The molecule has 4 nitrogen and oxygen atoms in total. The molecule has 0 aliphatic carbocycles. The Kier molecular flexibility index (Phi) is 5.27. The molecule has 28 heavy (non-hydrogen) atoms. The van der Waals surface area contributed by atoms with Crippen molar-refractivity contribution < 1.29 is 27.5 Å². The van der Waals surface area contributed by atoms with E-state index in [2.05, 4.69) is 4.98 Å². The van der Waals surface area contributed by atoms with E-state index in [1.54, 1.807) is 0 Å². The van der Waals surface area contributed by atoms with E-state index in [4.69, 9.17) is 4.74 Å². The van der Waals surface area contributed by atoms with Gasteiger partial charge in [0.25, 0.3) is 0 Å². The molecule has 0 radical (unpaired) electrons. The number of ketones is 1. The number of nitrogens with one attached hydrogen (secondary N) is 1. The van der Waals surface area contributed by atoms with Crippen molar-refractivity contribution in [1.29, 1.82) is 0 Å². The van der Waals surface area contributed by atoms with Gasteiger partial charge in [0.1, 0.15) is 11.7 Å². The monoisotopic (exact) mass is 389 g/mol. The molecule has 2 aromatic carbocycles. The second kappa shape index (κ2) is 7.50. The number of halogens is 3. The summed E-state index contributed by atoms with van der Waals surface area (Å²) in [6.45, 7) is 1.31. The largest absolute Gasteiger partial charge is 0.468 e. The van der Waals surface area contributed by atoms with E-state index in [0.29, 0.717) is 16.8 Å². The van der Waals surface area contributed by atoms with Crippen molar-refractivity contribution >= 4 is 22.7 Å². The number of H-pyrrole nitrogens is 1. The third-order valence-corrected chi connectivity index (χ3v) is 4.70. The Morgan fingerprint density at radius 2 is 1.71 bits per heavy atom. The minimum atomic E-state index is -4.42. The molecule has 0 bridgehead atoms. The molecular formula is C21H18F3NO3. The van der Waals surface area contributed by atoms with Gasteiger partial charge in [0.2, 0.25) is 0 Å². The van der Waals surface area contributed by atoms with Crippen molar-refractivity contribution in [2.45, 2.75) is 19.5 Å². The normalized spacial score (nSPS) is 12.8. The molecule has 7 heteroatoms. The number of fused-ring (bicyclic) bond motifs is 1. The number of carbonyl (C=O) groups is 2. The van der Waals surface area contributed by atoms with Gasteiger partial charge in [-0.15, -0.1) is 0 Å². The zero-order chi connectivity index (χ0) is 20.5. The van der Waals surface area contributed by atoms with Gasteiger partial charge in [-0.25, -0.2) is 0 Å². The van der Waals surface area contributed by atoms with Crippen molar-refractivity contribution in [2.75, 3.05) is 7.11 Å². The Labute approximate surface area is 159 Å². The van der Waals surface area contributed by atoms with Crippen molar-refractivity contribution in [3.63, 3.8) is 0 Å². The molecule has 146 valence electrons. The third kappa shape index (κ3) is 3.78. The molecule has 0 amide bonds. The van der Waals surface area contributed by atoms with E-state index in [-0.39, 0.29) is 12.2 Å². The number of hydrogen-bond donors (Lipinski definition) is 1. The van der Waals surface area contributed by atoms with Crippen LogP contribution in [0.1, 0.15) is 18.1 Å². The van der Waals surface area contributed by atoms with Crippen LogP contribution in [0.4, 0.5) is 13.2 Å². The van der Waals surface area contributed by atoms with E-state index in [1.807, 2.05) is 24.3 Å². The van der Waals surface area contributed by atoms with Crippen molar-refractivity contribution in [2.24, 2.45) is 5.92 Å². The summed E-state index contributed by atoms with van der Waals surface area (Å²) in [5, 5.41) is 0.799. The lowest BCUT2D eigenvalue weighted by Crippen LogP contribution is -2.25. The highest BCUT2D eigenvalue weighted by molar-refractivity contribution is 5.99. The van der Waals surface area contributed by atoms with Crippen LogP contribution in [-0.4, -0.2) is 23.8 Å². The molecule has 0 saturated heterocycles. The average molecular weight is 389 g/mol. The number of methoxy groups -OCH3 is 1. The summed E-state index contributed by atoms with van der Waals surface area (Å²) in [5.41, 5.74) is 1.81. The van der Waals surface area contributed by atoms with Crippen molar-refractivity contribution in [1.82, 2.24) is 4.98 Å². The molecule has 0 aliphatic rings. The highest BCUT2D eigenvalue weighted by atomic mass is 19.4. The summed E-state index contributed by atoms with van der Waals surface area (Å²) in [4.78, 5) is 27.2. The van der Waals surface area contributed by atoms with Crippen LogP contribution in [0.3, 0.4) is 0 Å². The molecule has 0 aliphatic heterocycles. The maximum Gasteiger partial charge on any atom is 0.416 e. The zero-order valence-electron chi connectivity index (χ0n) is 15.3. The van der Waals surface area contributed by atoms with Gasteiger partial charge in [-0.1, -0.05) is 30.3 Å². The number of benzene rings is 2. The smallest absolute Gasteiger partial charge is 0.416 e. The van der Waals surface area contributed by atoms with Crippen LogP contribution in [0.2, 0.25) is 0 Å². The number of ether oxygens (including phenoxy) is 1. The minimum absolute atomic E-state index is 0.0857. The SMILES string of the molecule is COC(=O)[C@@H](Cc1c(-c2ccc(C(F)(F)F)cc2)[nH]c2ccccc12)C(C)=O. The Balaban J connectivity index is 2.11. The van der Waals surface area contributed by atoms with Gasteiger partial charge >= 0.3 is 12.1 Å². The van der Waals surface area contributed by atoms with Crippen molar-refractivity contribution in [3.05, 3.63) is 59.7 Å². The summed E-state index contributed by atoms with van der Waals surface area (Å²) >= 11 is 0. The Hall–Kier alpha value is -3.09. The van der Waals surface area contributed by atoms with Gasteiger partial charge in [-0.2, -0.15) is 13.2 Å². The predicted molar refractivity (Wildman–Crippen MR) is 98.6 cm³/mol. The molecule has 3 aromatic rings. The van der Waals surface area contributed by atoms with Crippen LogP contribution >= 0.6 is 0 Å². The van der Waals surface area contributed by atoms with Crippen LogP contribution in [0, 0.1) is 5.92 Å². The number of Topliss-reactive ketones (excluding diaryl/α,β-unsaturated/α-hetero) is 1. The number of para-hydroxylation sites is 1. The van der Waals surface area contributed by atoms with Crippen LogP contribution in [-0.2, 0) is 26.9 Å².